The fourth-order valence-electron chi connectivity index (χ4n) is 2.94. The Morgan fingerprint density at radius 2 is 1.96 bits per heavy atom. The third-order valence-electron chi connectivity index (χ3n) is 4.37. The first-order valence-electron chi connectivity index (χ1n) is 8.87. The van der Waals surface area contributed by atoms with Gasteiger partial charge in [-0.25, -0.2) is 0 Å². The van der Waals surface area contributed by atoms with Gasteiger partial charge >= 0.3 is 0 Å². The number of nitrogens with zero attached hydrogens (tertiary/aromatic N) is 3. The van der Waals surface area contributed by atoms with Crippen molar-refractivity contribution < 1.29 is 19.0 Å². The molecule has 0 saturated carbocycles. The van der Waals surface area contributed by atoms with Gasteiger partial charge < -0.3 is 29.7 Å². The van der Waals surface area contributed by atoms with E-state index in [9.17, 15) is 4.79 Å². The zero-order valence-corrected chi connectivity index (χ0v) is 14.8. The maximum atomic E-state index is 12.2. The van der Waals surface area contributed by atoms with Crippen LogP contribution in [-0.4, -0.2) is 62.3 Å². The second-order valence-corrected chi connectivity index (χ2v) is 6.15. The summed E-state index contributed by atoms with van der Waals surface area (Å²) < 4.78 is 15.9. The minimum Gasteiger partial charge on any atom is -0.454 e. The molecule has 27 heavy (non-hydrogen) atoms. The van der Waals surface area contributed by atoms with Gasteiger partial charge in [0.1, 0.15) is 0 Å². The molecular weight excluding hydrogens is 350 g/mol. The van der Waals surface area contributed by atoms with Gasteiger partial charge in [0.15, 0.2) is 17.3 Å². The Morgan fingerprint density at radius 3 is 2.85 bits per heavy atom. The van der Waals surface area contributed by atoms with Crippen LogP contribution in [-0.2, 0) is 4.74 Å². The molecule has 2 aliphatic heterocycles. The Bertz CT molecular complexity index is 810. The van der Waals surface area contributed by atoms with Crippen LogP contribution in [0.15, 0.2) is 30.5 Å². The number of benzene rings is 1. The van der Waals surface area contributed by atoms with Crippen LogP contribution < -0.4 is 25.0 Å². The molecule has 0 atom stereocenters. The van der Waals surface area contributed by atoms with Gasteiger partial charge in [0.05, 0.1) is 25.1 Å². The van der Waals surface area contributed by atoms with Crippen LogP contribution in [0.25, 0.3) is 0 Å². The fraction of sp³-hybridized carbons (Fsp3) is 0.389. The molecule has 0 aliphatic carbocycles. The fourth-order valence-corrected chi connectivity index (χ4v) is 2.94. The number of amides is 1. The summed E-state index contributed by atoms with van der Waals surface area (Å²) in [7, 11) is 0. The average Bonchev–Trinajstić information content (AvgIpc) is 3.20. The van der Waals surface area contributed by atoms with Crippen molar-refractivity contribution in [3.8, 4) is 11.5 Å². The molecule has 2 aromatic rings. The summed E-state index contributed by atoms with van der Waals surface area (Å²) in [5, 5.41) is 14.2. The van der Waals surface area contributed by atoms with Gasteiger partial charge in [-0.3, -0.25) is 4.79 Å². The van der Waals surface area contributed by atoms with Gasteiger partial charge in [0.2, 0.25) is 6.79 Å². The molecule has 0 spiro atoms. The standard InChI is InChI=1S/C18H21N5O4/c24-18(13-1-2-15-16(9-13)27-12-26-15)20-4-3-19-17-10-14(11-21-22-17)23-5-7-25-8-6-23/h1-2,9-11H,3-8,12H2,(H,19,22)(H,20,24). The minimum atomic E-state index is -0.164. The number of aromatic nitrogens is 2. The van der Waals surface area contributed by atoms with Crippen molar-refractivity contribution >= 4 is 17.4 Å². The van der Waals surface area contributed by atoms with Gasteiger partial charge in [0.25, 0.3) is 5.91 Å². The third kappa shape index (κ3) is 4.20. The number of hydrogen-bond donors (Lipinski definition) is 2. The van der Waals surface area contributed by atoms with E-state index in [0.717, 1.165) is 32.0 Å². The summed E-state index contributed by atoms with van der Waals surface area (Å²) in [6, 6.07) is 7.09. The van der Waals surface area contributed by atoms with E-state index in [2.05, 4.69) is 25.7 Å². The number of carbonyl (C=O) groups excluding carboxylic acids is 1. The average molecular weight is 371 g/mol. The molecule has 3 heterocycles. The van der Waals surface area contributed by atoms with E-state index >= 15 is 0 Å². The van der Waals surface area contributed by atoms with Crippen molar-refractivity contribution in [2.45, 2.75) is 0 Å². The van der Waals surface area contributed by atoms with Gasteiger partial charge in [-0.2, -0.15) is 5.10 Å². The first-order chi connectivity index (χ1) is 13.3. The maximum absolute atomic E-state index is 12.2. The van der Waals surface area contributed by atoms with Gasteiger partial charge in [-0.05, 0) is 18.2 Å². The summed E-state index contributed by atoms with van der Waals surface area (Å²) in [6.07, 6.45) is 1.75. The van der Waals surface area contributed by atoms with E-state index in [0.29, 0.717) is 36.0 Å². The van der Waals surface area contributed by atoms with E-state index < -0.39 is 0 Å². The van der Waals surface area contributed by atoms with Gasteiger partial charge in [-0.1, -0.05) is 0 Å². The Kier molecular flexibility index (Phi) is 5.20. The number of carbonyl (C=O) groups is 1. The number of ether oxygens (including phenoxy) is 3. The SMILES string of the molecule is O=C(NCCNc1cc(N2CCOCC2)cnn1)c1ccc2c(c1)OCO2. The first kappa shape index (κ1) is 17.3. The molecule has 9 heteroatoms. The molecule has 0 radical (unpaired) electrons. The highest BCUT2D eigenvalue weighted by molar-refractivity contribution is 5.94. The van der Waals surface area contributed by atoms with E-state index in [1.807, 2.05) is 6.07 Å². The normalized spacial score (nSPS) is 15.5. The lowest BCUT2D eigenvalue weighted by Gasteiger charge is -2.28. The molecule has 1 fully saturated rings. The summed E-state index contributed by atoms with van der Waals surface area (Å²) in [5.74, 6) is 1.77. The Labute approximate surface area is 156 Å². The lowest BCUT2D eigenvalue weighted by Crippen LogP contribution is -2.36. The van der Waals surface area contributed by atoms with E-state index in [1.165, 1.54) is 0 Å². The number of fused-ring (bicyclic) bond motifs is 1. The molecule has 0 bridgehead atoms. The smallest absolute Gasteiger partial charge is 0.251 e. The van der Waals surface area contributed by atoms with Crippen molar-refractivity contribution in [1.82, 2.24) is 15.5 Å². The molecular formula is C18H21N5O4. The predicted molar refractivity (Wildman–Crippen MR) is 98.5 cm³/mol. The van der Waals surface area contributed by atoms with Crippen LogP contribution in [0.1, 0.15) is 10.4 Å². The molecule has 0 unspecified atom stereocenters. The zero-order chi connectivity index (χ0) is 18.5. The number of morpholine rings is 1. The first-order valence-corrected chi connectivity index (χ1v) is 8.87. The van der Waals surface area contributed by atoms with Crippen LogP contribution >= 0.6 is 0 Å². The monoisotopic (exact) mass is 371 g/mol. The molecule has 1 aromatic carbocycles. The lowest BCUT2D eigenvalue weighted by molar-refractivity contribution is 0.0954. The number of nitrogens with one attached hydrogen (secondary N) is 2. The van der Waals surface area contributed by atoms with Crippen LogP contribution in [0, 0.1) is 0 Å². The molecule has 142 valence electrons. The molecule has 9 nitrogen and oxygen atoms in total. The molecule has 1 aromatic heterocycles. The highest BCUT2D eigenvalue weighted by atomic mass is 16.7. The highest BCUT2D eigenvalue weighted by Crippen LogP contribution is 2.32. The topological polar surface area (TPSA) is 97.8 Å². The summed E-state index contributed by atoms with van der Waals surface area (Å²) in [6.45, 7) is 4.31. The Balaban J connectivity index is 1.25. The number of anilines is 2. The van der Waals surface area contributed by atoms with E-state index in [4.69, 9.17) is 14.2 Å². The van der Waals surface area contributed by atoms with Crippen molar-refractivity contribution in [2.24, 2.45) is 0 Å². The lowest BCUT2D eigenvalue weighted by atomic mass is 10.2. The number of hydrogen-bond acceptors (Lipinski definition) is 8. The van der Waals surface area contributed by atoms with Gasteiger partial charge in [-0.15, -0.1) is 5.10 Å². The van der Waals surface area contributed by atoms with Crippen molar-refractivity contribution in [2.75, 3.05) is 56.4 Å². The molecule has 1 saturated heterocycles. The van der Waals surface area contributed by atoms with Crippen LogP contribution in [0.5, 0.6) is 11.5 Å². The minimum absolute atomic E-state index is 0.164. The summed E-state index contributed by atoms with van der Waals surface area (Å²) >= 11 is 0. The maximum Gasteiger partial charge on any atom is 0.251 e. The molecule has 2 aliphatic rings. The summed E-state index contributed by atoms with van der Waals surface area (Å²) in [4.78, 5) is 14.4. The Hall–Kier alpha value is -3.07. The van der Waals surface area contributed by atoms with Crippen molar-refractivity contribution in [3.63, 3.8) is 0 Å². The third-order valence-corrected chi connectivity index (χ3v) is 4.37. The zero-order valence-electron chi connectivity index (χ0n) is 14.8. The predicted octanol–water partition coefficient (Wildman–Crippen LogP) is 0.884. The van der Waals surface area contributed by atoms with Crippen molar-refractivity contribution in [3.05, 3.63) is 36.0 Å². The Morgan fingerprint density at radius 1 is 1.11 bits per heavy atom. The molecule has 1 amide bonds. The van der Waals surface area contributed by atoms with E-state index in [1.54, 1.807) is 24.4 Å². The second kappa shape index (κ2) is 8.09. The summed E-state index contributed by atoms with van der Waals surface area (Å²) in [5.41, 5.74) is 1.55. The van der Waals surface area contributed by atoms with Crippen molar-refractivity contribution in [1.29, 1.82) is 0 Å². The van der Waals surface area contributed by atoms with E-state index in [-0.39, 0.29) is 12.7 Å². The molecule has 2 N–H and O–H groups in total. The second-order valence-electron chi connectivity index (χ2n) is 6.15. The number of rotatable bonds is 6. The van der Waals surface area contributed by atoms with Crippen LogP contribution in [0.3, 0.4) is 0 Å². The quantitative estimate of drug-likeness (QED) is 0.723. The molecule has 4 rings (SSSR count). The van der Waals surface area contributed by atoms with Crippen LogP contribution in [0.2, 0.25) is 0 Å². The largest absolute Gasteiger partial charge is 0.454 e. The van der Waals surface area contributed by atoms with Crippen LogP contribution in [0.4, 0.5) is 11.5 Å². The van der Waals surface area contributed by atoms with Gasteiger partial charge in [0, 0.05) is 37.8 Å². The highest BCUT2D eigenvalue weighted by Gasteiger charge is 2.16.